The van der Waals surface area contributed by atoms with Crippen molar-refractivity contribution in [3.8, 4) is 0 Å². The topological polar surface area (TPSA) is 38.3 Å². The first-order chi connectivity index (χ1) is 8.61. The molecule has 0 aliphatic heterocycles. The molecule has 1 unspecified atom stereocenters. The Bertz CT molecular complexity index is 432. The minimum absolute atomic E-state index is 0.0772. The van der Waals surface area contributed by atoms with Crippen LogP contribution in [0.15, 0.2) is 24.3 Å². The lowest BCUT2D eigenvalue weighted by Crippen LogP contribution is -2.40. The summed E-state index contributed by atoms with van der Waals surface area (Å²) in [6.07, 6.45) is 2.18. The van der Waals surface area contributed by atoms with Crippen LogP contribution in [0.3, 0.4) is 0 Å². The van der Waals surface area contributed by atoms with Gasteiger partial charge in [-0.3, -0.25) is 10.1 Å². The highest BCUT2D eigenvalue weighted by atomic mass is 35.5. The van der Waals surface area contributed by atoms with Gasteiger partial charge in [-0.2, -0.15) is 0 Å². The average Bonchev–Trinajstić information content (AvgIpc) is 3.19. The molecule has 0 saturated heterocycles. The predicted octanol–water partition coefficient (Wildman–Crippen LogP) is 2.94. The second-order valence-electron chi connectivity index (χ2n) is 4.78. The van der Waals surface area contributed by atoms with E-state index in [1.165, 1.54) is 7.11 Å². The third kappa shape index (κ3) is 3.24. The molecule has 0 bridgehead atoms. The Balaban J connectivity index is 2.04. The van der Waals surface area contributed by atoms with Crippen LogP contribution in [0, 0.1) is 5.92 Å². The molecule has 0 spiro atoms. The molecule has 1 fully saturated rings. The Kier molecular flexibility index (Phi) is 4.25. The van der Waals surface area contributed by atoms with E-state index >= 15 is 0 Å². The molecule has 1 aromatic carbocycles. The molecule has 98 valence electrons. The number of ether oxygens (including phenoxy) is 1. The summed E-state index contributed by atoms with van der Waals surface area (Å²) in [6, 6.07) is 7.55. The molecule has 0 radical (unpaired) electrons. The first-order valence-electron chi connectivity index (χ1n) is 6.21. The summed E-state index contributed by atoms with van der Waals surface area (Å²) in [5.41, 5.74) is 1.08. The van der Waals surface area contributed by atoms with Crippen molar-refractivity contribution < 1.29 is 9.53 Å². The monoisotopic (exact) mass is 267 g/mol. The lowest BCUT2D eigenvalue weighted by atomic mass is 10.1. The quantitative estimate of drug-likeness (QED) is 0.834. The van der Waals surface area contributed by atoms with Crippen molar-refractivity contribution in [3.05, 3.63) is 34.9 Å². The molecular formula is C14H18ClNO2. The summed E-state index contributed by atoms with van der Waals surface area (Å²) in [6.45, 7) is 2.03. The van der Waals surface area contributed by atoms with Gasteiger partial charge in [-0.1, -0.05) is 23.7 Å². The Morgan fingerprint density at radius 2 is 2.22 bits per heavy atom. The van der Waals surface area contributed by atoms with Crippen molar-refractivity contribution in [2.24, 2.45) is 5.92 Å². The molecule has 3 nitrogen and oxygen atoms in total. The maximum absolute atomic E-state index is 11.7. The minimum Gasteiger partial charge on any atom is -0.468 e. The molecule has 18 heavy (non-hydrogen) atoms. The maximum atomic E-state index is 11.7. The van der Waals surface area contributed by atoms with Gasteiger partial charge in [0.15, 0.2) is 0 Å². The molecule has 0 amide bonds. The van der Waals surface area contributed by atoms with Crippen molar-refractivity contribution >= 4 is 17.6 Å². The van der Waals surface area contributed by atoms with Crippen molar-refractivity contribution in [1.29, 1.82) is 0 Å². The van der Waals surface area contributed by atoms with Gasteiger partial charge >= 0.3 is 5.97 Å². The van der Waals surface area contributed by atoms with Crippen LogP contribution in [0.2, 0.25) is 5.02 Å². The Morgan fingerprint density at radius 3 is 2.78 bits per heavy atom. The second-order valence-corrected chi connectivity index (χ2v) is 5.22. The number of rotatable bonds is 5. The fraction of sp³-hybridized carbons (Fsp3) is 0.500. The zero-order valence-corrected chi connectivity index (χ0v) is 11.4. The fourth-order valence-corrected chi connectivity index (χ4v) is 2.29. The van der Waals surface area contributed by atoms with E-state index in [1.54, 1.807) is 0 Å². The van der Waals surface area contributed by atoms with Crippen LogP contribution in [0.1, 0.15) is 31.4 Å². The largest absolute Gasteiger partial charge is 0.468 e. The highest BCUT2D eigenvalue weighted by Gasteiger charge is 2.37. The Labute approximate surface area is 112 Å². The van der Waals surface area contributed by atoms with Crippen molar-refractivity contribution in [3.63, 3.8) is 0 Å². The number of esters is 1. The predicted molar refractivity (Wildman–Crippen MR) is 71.5 cm³/mol. The summed E-state index contributed by atoms with van der Waals surface area (Å²) in [5.74, 6) is 0.241. The number of halogens is 1. The van der Waals surface area contributed by atoms with Gasteiger partial charge in [-0.25, -0.2) is 0 Å². The molecule has 0 heterocycles. The highest BCUT2D eigenvalue weighted by Crippen LogP contribution is 2.34. The molecular weight excluding hydrogens is 250 g/mol. The van der Waals surface area contributed by atoms with Gasteiger partial charge in [0.1, 0.15) is 6.04 Å². The van der Waals surface area contributed by atoms with Gasteiger partial charge in [-0.05, 0) is 43.4 Å². The van der Waals surface area contributed by atoms with E-state index in [9.17, 15) is 4.79 Å². The number of hydrogen-bond donors (Lipinski definition) is 1. The fourth-order valence-electron chi connectivity index (χ4n) is 2.09. The first-order valence-corrected chi connectivity index (χ1v) is 6.59. The van der Waals surface area contributed by atoms with Gasteiger partial charge in [0.2, 0.25) is 0 Å². The van der Waals surface area contributed by atoms with Crippen LogP contribution < -0.4 is 5.32 Å². The average molecular weight is 268 g/mol. The van der Waals surface area contributed by atoms with E-state index in [0.29, 0.717) is 10.9 Å². The molecule has 1 aliphatic carbocycles. The van der Waals surface area contributed by atoms with Crippen LogP contribution in [0.4, 0.5) is 0 Å². The van der Waals surface area contributed by atoms with Crippen LogP contribution in [-0.4, -0.2) is 19.1 Å². The smallest absolute Gasteiger partial charge is 0.323 e. The summed E-state index contributed by atoms with van der Waals surface area (Å²) in [5, 5.41) is 4.05. The third-order valence-corrected chi connectivity index (χ3v) is 3.56. The SMILES string of the molecule is COC(=O)C(N[C@@H](C)c1cccc(Cl)c1)C1CC1. The molecule has 2 rings (SSSR count). The van der Waals surface area contributed by atoms with E-state index in [1.807, 2.05) is 31.2 Å². The van der Waals surface area contributed by atoms with Gasteiger partial charge in [0, 0.05) is 11.1 Å². The standard InChI is InChI=1S/C14H18ClNO2/c1-9(11-4-3-5-12(15)8-11)16-13(10-6-7-10)14(17)18-2/h3-5,8-10,13,16H,6-7H2,1-2H3/t9-,13?/m0/s1. The summed E-state index contributed by atoms with van der Waals surface area (Å²) < 4.78 is 4.85. The number of methoxy groups -OCH3 is 1. The molecule has 1 aliphatic rings. The molecule has 1 saturated carbocycles. The van der Waals surface area contributed by atoms with Crippen molar-refractivity contribution in [2.45, 2.75) is 31.8 Å². The number of benzene rings is 1. The van der Waals surface area contributed by atoms with Gasteiger partial charge < -0.3 is 4.74 Å². The highest BCUT2D eigenvalue weighted by molar-refractivity contribution is 6.30. The van der Waals surface area contributed by atoms with Gasteiger partial charge in [-0.15, -0.1) is 0 Å². The molecule has 1 aromatic rings. The van der Waals surface area contributed by atoms with Crippen LogP contribution >= 0.6 is 11.6 Å². The zero-order chi connectivity index (χ0) is 13.1. The summed E-state index contributed by atoms with van der Waals surface area (Å²) in [4.78, 5) is 11.7. The Hall–Kier alpha value is -1.06. The van der Waals surface area contributed by atoms with Crippen LogP contribution in [0.25, 0.3) is 0 Å². The number of hydrogen-bond acceptors (Lipinski definition) is 3. The van der Waals surface area contributed by atoms with Crippen LogP contribution in [0.5, 0.6) is 0 Å². The lowest BCUT2D eigenvalue weighted by Gasteiger charge is -2.21. The third-order valence-electron chi connectivity index (χ3n) is 3.33. The van der Waals surface area contributed by atoms with E-state index in [0.717, 1.165) is 18.4 Å². The van der Waals surface area contributed by atoms with E-state index < -0.39 is 0 Å². The lowest BCUT2D eigenvalue weighted by molar-refractivity contribution is -0.144. The van der Waals surface area contributed by atoms with Gasteiger partial charge in [0.25, 0.3) is 0 Å². The van der Waals surface area contributed by atoms with Crippen molar-refractivity contribution in [2.75, 3.05) is 7.11 Å². The van der Waals surface area contributed by atoms with Gasteiger partial charge in [0.05, 0.1) is 7.11 Å². The van der Waals surface area contributed by atoms with E-state index in [4.69, 9.17) is 16.3 Å². The summed E-state index contributed by atoms with van der Waals surface area (Å²) >= 11 is 5.97. The molecule has 1 N–H and O–H groups in total. The first kappa shape index (κ1) is 13.4. The van der Waals surface area contributed by atoms with Crippen LogP contribution in [-0.2, 0) is 9.53 Å². The van der Waals surface area contributed by atoms with E-state index in [-0.39, 0.29) is 18.1 Å². The molecule has 0 aromatic heterocycles. The second kappa shape index (κ2) is 5.72. The number of carbonyl (C=O) groups excluding carboxylic acids is 1. The minimum atomic E-state index is -0.205. The zero-order valence-electron chi connectivity index (χ0n) is 10.7. The summed E-state index contributed by atoms with van der Waals surface area (Å²) in [7, 11) is 1.43. The Morgan fingerprint density at radius 1 is 1.50 bits per heavy atom. The molecule has 4 heteroatoms. The maximum Gasteiger partial charge on any atom is 0.323 e. The number of carbonyl (C=O) groups is 1. The van der Waals surface area contributed by atoms with E-state index in [2.05, 4.69) is 5.32 Å². The number of nitrogens with one attached hydrogen (secondary N) is 1. The normalized spacial score (nSPS) is 18.2. The van der Waals surface area contributed by atoms with Crippen molar-refractivity contribution in [1.82, 2.24) is 5.32 Å². The molecule has 2 atom stereocenters.